The maximum Gasteiger partial charge on any atom is 0.237 e. The maximum absolute atomic E-state index is 12.4. The summed E-state index contributed by atoms with van der Waals surface area (Å²) >= 11 is 0. The summed E-state index contributed by atoms with van der Waals surface area (Å²) in [7, 11) is 0. The van der Waals surface area contributed by atoms with Gasteiger partial charge in [0.1, 0.15) is 5.82 Å². The third-order valence-corrected chi connectivity index (χ3v) is 4.89. The van der Waals surface area contributed by atoms with Gasteiger partial charge in [0.15, 0.2) is 0 Å². The van der Waals surface area contributed by atoms with Gasteiger partial charge in [0.2, 0.25) is 5.91 Å². The highest BCUT2D eigenvalue weighted by atomic mass is 35.5. The lowest BCUT2D eigenvalue weighted by atomic mass is 9.91. The summed E-state index contributed by atoms with van der Waals surface area (Å²) < 4.78 is 5.33. The van der Waals surface area contributed by atoms with Crippen LogP contribution >= 0.6 is 24.8 Å². The van der Waals surface area contributed by atoms with Gasteiger partial charge < -0.3 is 20.7 Å². The third kappa shape index (κ3) is 5.99. The van der Waals surface area contributed by atoms with E-state index in [1.807, 2.05) is 24.4 Å². The van der Waals surface area contributed by atoms with Crippen molar-refractivity contribution in [3.05, 3.63) is 24.4 Å². The Balaban J connectivity index is 0.00000156. The van der Waals surface area contributed by atoms with Crippen molar-refractivity contribution in [2.24, 2.45) is 11.7 Å². The molecule has 6 nitrogen and oxygen atoms in total. The summed E-state index contributed by atoms with van der Waals surface area (Å²) in [5, 5.41) is 3.14. The van der Waals surface area contributed by atoms with Crippen LogP contribution in [0.25, 0.3) is 0 Å². The van der Waals surface area contributed by atoms with Gasteiger partial charge in [-0.25, -0.2) is 4.98 Å². The lowest BCUT2D eigenvalue weighted by Crippen LogP contribution is -2.52. The number of piperidine rings is 1. The largest absolute Gasteiger partial charge is 0.381 e. The second kappa shape index (κ2) is 10.8. The van der Waals surface area contributed by atoms with E-state index in [2.05, 4.69) is 15.2 Å². The minimum atomic E-state index is -0.410. The van der Waals surface area contributed by atoms with E-state index in [0.717, 1.165) is 44.6 Å². The van der Waals surface area contributed by atoms with Crippen LogP contribution in [0.4, 0.5) is 5.82 Å². The molecule has 2 aliphatic heterocycles. The molecule has 142 valence electrons. The highest BCUT2D eigenvalue weighted by Crippen LogP contribution is 2.20. The van der Waals surface area contributed by atoms with Crippen molar-refractivity contribution < 1.29 is 9.53 Å². The van der Waals surface area contributed by atoms with Crippen LogP contribution in [-0.4, -0.2) is 49.3 Å². The van der Waals surface area contributed by atoms with Crippen LogP contribution in [0, 0.1) is 5.92 Å². The van der Waals surface area contributed by atoms with Crippen molar-refractivity contribution in [2.75, 3.05) is 31.2 Å². The lowest BCUT2D eigenvalue weighted by molar-refractivity contribution is -0.125. The van der Waals surface area contributed by atoms with Gasteiger partial charge in [0, 0.05) is 38.5 Å². The molecule has 1 unspecified atom stereocenters. The number of pyridine rings is 1. The van der Waals surface area contributed by atoms with E-state index in [1.54, 1.807) is 0 Å². The number of carbonyl (C=O) groups excluding carboxylic acids is 1. The average Bonchev–Trinajstić information content (AvgIpc) is 2.63. The predicted octanol–water partition coefficient (Wildman–Crippen LogP) is 1.76. The first-order valence-electron chi connectivity index (χ1n) is 8.54. The highest BCUT2D eigenvalue weighted by Gasteiger charge is 2.29. The zero-order valence-corrected chi connectivity index (χ0v) is 15.9. The van der Waals surface area contributed by atoms with Gasteiger partial charge >= 0.3 is 0 Å². The molecule has 3 N–H and O–H groups in total. The fraction of sp³-hybridized carbons (Fsp3) is 0.647. The molecule has 1 atom stereocenters. The number of nitrogens with zero attached hydrogens (tertiary/aromatic N) is 2. The molecule has 0 saturated carbocycles. The Bertz CT molecular complexity index is 507. The first-order valence-corrected chi connectivity index (χ1v) is 8.54. The Morgan fingerprint density at radius 1 is 1.20 bits per heavy atom. The van der Waals surface area contributed by atoms with E-state index >= 15 is 0 Å². The van der Waals surface area contributed by atoms with Crippen molar-refractivity contribution in [3.63, 3.8) is 0 Å². The van der Waals surface area contributed by atoms with Gasteiger partial charge in [0.25, 0.3) is 0 Å². The number of nitrogens with two attached hydrogens (primary N) is 1. The summed E-state index contributed by atoms with van der Waals surface area (Å²) in [4.78, 5) is 19.0. The normalized spacial score (nSPS) is 20.1. The van der Waals surface area contributed by atoms with Gasteiger partial charge in [-0.15, -0.1) is 24.8 Å². The van der Waals surface area contributed by atoms with Crippen molar-refractivity contribution in [2.45, 2.75) is 37.8 Å². The van der Waals surface area contributed by atoms with Gasteiger partial charge in [0.05, 0.1) is 6.04 Å². The molecule has 1 amide bonds. The first kappa shape index (κ1) is 22.0. The summed E-state index contributed by atoms with van der Waals surface area (Å²) in [6.45, 7) is 3.26. The lowest BCUT2D eigenvalue weighted by Gasteiger charge is -2.34. The van der Waals surface area contributed by atoms with Crippen LogP contribution in [0.1, 0.15) is 25.7 Å². The molecule has 2 saturated heterocycles. The molecule has 0 radical (unpaired) electrons. The molecule has 0 aromatic carbocycles. The Hall–Kier alpha value is -1.08. The topological polar surface area (TPSA) is 80.5 Å². The number of aromatic nitrogens is 1. The fourth-order valence-corrected chi connectivity index (χ4v) is 3.38. The number of carbonyl (C=O) groups is 1. The van der Waals surface area contributed by atoms with Crippen LogP contribution in [-0.2, 0) is 9.53 Å². The molecule has 2 aliphatic rings. The van der Waals surface area contributed by atoms with E-state index in [1.165, 1.54) is 0 Å². The molecule has 25 heavy (non-hydrogen) atoms. The Kier molecular flexibility index (Phi) is 9.50. The van der Waals surface area contributed by atoms with Gasteiger partial charge in [-0.05, 0) is 43.7 Å². The Morgan fingerprint density at radius 2 is 1.88 bits per heavy atom. The molecule has 8 heteroatoms. The molecule has 0 spiro atoms. The molecule has 0 bridgehead atoms. The van der Waals surface area contributed by atoms with Crippen LogP contribution in [0.3, 0.4) is 0 Å². The monoisotopic (exact) mass is 390 g/mol. The summed E-state index contributed by atoms with van der Waals surface area (Å²) in [5.74, 6) is 1.25. The number of ether oxygens (including phenoxy) is 1. The SMILES string of the molecule is Cl.Cl.NC(C(=O)NC1CCN(c2ccccn2)CC1)C1CCOCC1. The number of nitrogens with one attached hydrogen (secondary N) is 1. The van der Waals surface area contributed by atoms with Crippen LogP contribution in [0.15, 0.2) is 24.4 Å². The average molecular weight is 391 g/mol. The van der Waals surface area contributed by atoms with Crippen molar-refractivity contribution in [1.82, 2.24) is 10.3 Å². The van der Waals surface area contributed by atoms with Crippen molar-refractivity contribution in [3.8, 4) is 0 Å². The van der Waals surface area contributed by atoms with Crippen molar-refractivity contribution in [1.29, 1.82) is 0 Å². The second-order valence-corrected chi connectivity index (χ2v) is 6.43. The van der Waals surface area contributed by atoms with Crippen LogP contribution in [0.2, 0.25) is 0 Å². The minimum Gasteiger partial charge on any atom is -0.381 e. The summed E-state index contributed by atoms with van der Waals surface area (Å²) in [6, 6.07) is 5.76. The van der Waals surface area contributed by atoms with E-state index in [-0.39, 0.29) is 42.7 Å². The van der Waals surface area contributed by atoms with E-state index in [0.29, 0.717) is 13.2 Å². The Labute approximate surface area is 161 Å². The molecular formula is C17H28Cl2N4O2. The molecule has 3 heterocycles. The summed E-state index contributed by atoms with van der Waals surface area (Å²) in [5.41, 5.74) is 6.14. The van der Waals surface area contributed by atoms with Gasteiger partial charge in [-0.2, -0.15) is 0 Å². The Morgan fingerprint density at radius 3 is 2.48 bits per heavy atom. The van der Waals surface area contributed by atoms with Gasteiger partial charge in [-0.3, -0.25) is 4.79 Å². The van der Waals surface area contributed by atoms with E-state index in [9.17, 15) is 4.79 Å². The molecule has 0 aliphatic carbocycles. The zero-order valence-electron chi connectivity index (χ0n) is 14.3. The number of amides is 1. The zero-order chi connectivity index (χ0) is 16.1. The number of rotatable bonds is 4. The molecule has 1 aromatic rings. The van der Waals surface area contributed by atoms with Crippen LogP contribution in [0.5, 0.6) is 0 Å². The second-order valence-electron chi connectivity index (χ2n) is 6.43. The number of anilines is 1. The van der Waals surface area contributed by atoms with Gasteiger partial charge in [-0.1, -0.05) is 6.07 Å². The third-order valence-electron chi connectivity index (χ3n) is 4.89. The number of hydrogen-bond acceptors (Lipinski definition) is 5. The minimum absolute atomic E-state index is 0. The molecule has 2 fully saturated rings. The quantitative estimate of drug-likeness (QED) is 0.818. The fourth-order valence-electron chi connectivity index (χ4n) is 3.38. The number of hydrogen-bond donors (Lipinski definition) is 2. The van der Waals surface area contributed by atoms with E-state index < -0.39 is 6.04 Å². The highest BCUT2D eigenvalue weighted by molar-refractivity contribution is 5.85. The van der Waals surface area contributed by atoms with Crippen molar-refractivity contribution >= 4 is 36.5 Å². The predicted molar refractivity (Wildman–Crippen MR) is 104 cm³/mol. The van der Waals surface area contributed by atoms with E-state index in [4.69, 9.17) is 10.5 Å². The number of halogens is 2. The first-order chi connectivity index (χ1) is 11.2. The molecular weight excluding hydrogens is 363 g/mol. The van der Waals surface area contributed by atoms with Crippen LogP contribution < -0.4 is 16.0 Å². The summed E-state index contributed by atoms with van der Waals surface area (Å²) in [6.07, 6.45) is 5.45. The smallest absolute Gasteiger partial charge is 0.237 e. The maximum atomic E-state index is 12.4. The molecule has 1 aromatic heterocycles. The standard InChI is InChI=1S/C17H26N4O2.2ClH/c18-16(13-6-11-23-12-7-13)17(22)20-14-4-9-21(10-5-14)15-3-1-2-8-19-15;;/h1-3,8,13-14,16H,4-7,9-12,18H2,(H,20,22);2*1H. The molecule has 3 rings (SSSR count).